The highest BCUT2D eigenvalue weighted by molar-refractivity contribution is 8.00. The summed E-state index contributed by atoms with van der Waals surface area (Å²) in [6.07, 6.45) is 4.76. The van der Waals surface area contributed by atoms with Crippen LogP contribution < -0.4 is 10.6 Å². The van der Waals surface area contributed by atoms with E-state index in [-0.39, 0.29) is 4.75 Å². The Hall–Kier alpha value is -0.750. The number of thioether (sulfide) groups is 1. The third kappa shape index (κ3) is 2.68. The molecule has 1 aromatic heterocycles. The van der Waals surface area contributed by atoms with E-state index in [1.165, 1.54) is 18.6 Å². The summed E-state index contributed by atoms with van der Waals surface area (Å²) in [6.45, 7) is 6.43. The molecule has 1 aromatic rings. The van der Waals surface area contributed by atoms with Gasteiger partial charge in [0.05, 0.1) is 4.75 Å². The molecule has 2 fully saturated rings. The van der Waals surface area contributed by atoms with Crippen molar-refractivity contribution in [1.29, 1.82) is 0 Å². The third-order valence-corrected chi connectivity index (χ3v) is 6.29. The van der Waals surface area contributed by atoms with Crippen molar-refractivity contribution in [3.63, 3.8) is 0 Å². The van der Waals surface area contributed by atoms with Crippen LogP contribution in [0.2, 0.25) is 0 Å². The van der Waals surface area contributed by atoms with Crippen LogP contribution in [0.15, 0.2) is 0 Å². The number of aromatic amines is 1. The zero-order valence-electron chi connectivity index (χ0n) is 12.4. The maximum atomic E-state index is 6.00. The molecule has 0 radical (unpaired) electrons. The predicted molar refractivity (Wildman–Crippen MR) is 84.0 cm³/mol. The van der Waals surface area contributed by atoms with Crippen LogP contribution in [0.5, 0.6) is 0 Å². The highest BCUT2D eigenvalue weighted by Gasteiger charge is 2.35. The summed E-state index contributed by atoms with van der Waals surface area (Å²) in [6, 6.07) is 0.300. The lowest BCUT2D eigenvalue weighted by Gasteiger charge is -2.33. The van der Waals surface area contributed by atoms with Gasteiger partial charge in [-0.1, -0.05) is 0 Å². The zero-order valence-corrected chi connectivity index (χ0v) is 13.2. The van der Waals surface area contributed by atoms with Gasteiger partial charge in [-0.05, 0) is 51.2 Å². The SMILES string of the molecule is CC(N)C1CCN(c2n[nH]c(C3(C)CCCS3)n2)CC1. The molecular formula is C14H25N5S. The summed E-state index contributed by atoms with van der Waals surface area (Å²) in [5.41, 5.74) is 6.00. The fraction of sp³-hybridized carbons (Fsp3) is 0.857. The summed E-state index contributed by atoms with van der Waals surface area (Å²) in [5, 5.41) is 7.62. The van der Waals surface area contributed by atoms with Crippen molar-refractivity contribution >= 4 is 17.7 Å². The van der Waals surface area contributed by atoms with Crippen molar-refractivity contribution < 1.29 is 0 Å². The Balaban J connectivity index is 1.66. The molecule has 3 N–H and O–H groups in total. The molecule has 2 unspecified atom stereocenters. The van der Waals surface area contributed by atoms with Crippen molar-refractivity contribution in [3.05, 3.63) is 5.82 Å². The molecule has 6 heteroatoms. The topological polar surface area (TPSA) is 70.8 Å². The molecule has 20 heavy (non-hydrogen) atoms. The molecule has 2 aliphatic rings. The molecule has 0 amide bonds. The molecule has 0 spiro atoms. The maximum absolute atomic E-state index is 6.00. The summed E-state index contributed by atoms with van der Waals surface area (Å²) >= 11 is 1.99. The number of nitrogens with one attached hydrogen (secondary N) is 1. The van der Waals surface area contributed by atoms with Gasteiger partial charge in [0.1, 0.15) is 5.82 Å². The van der Waals surface area contributed by atoms with E-state index in [0.717, 1.165) is 37.7 Å². The van der Waals surface area contributed by atoms with Gasteiger partial charge >= 0.3 is 0 Å². The van der Waals surface area contributed by atoms with E-state index < -0.39 is 0 Å². The molecule has 0 bridgehead atoms. The number of nitrogens with two attached hydrogens (primary N) is 1. The fourth-order valence-electron chi connectivity index (χ4n) is 3.22. The molecule has 0 aromatic carbocycles. The first-order valence-corrected chi connectivity index (χ1v) is 8.64. The number of nitrogens with zero attached hydrogens (tertiary/aromatic N) is 3. The van der Waals surface area contributed by atoms with Crippen LogP contribution in [0.4, 0.5) is 5.95 Å². The van der Waals surface area contributed by atoms with Gasteiger partial charge in [0.15, 0.2) is 0 Å². The number of hydrogen-bond donors (Lipinski definition) is 2. The fourth-order valence-corrected chi connectivity index (χ4v) is 4.48. The van der Waals surface area contributed by atoms with Crippen LogP contribution >= 0.6 is 11.8 Å². The number of aromatic nitrogens is 3. The Bertz CT molecular complexity index is 444. The lowest BCUT2D eigenvalue weighted by Crippen LogP contribution is -2.40. The Labute approximate surface area is 125 Å². The number of anilines is 1. The monoisotopic (exact) mass is 295 g/mol. The predicted octanol–water partition coefficient (Wildman–Crippen LogP) is 2.11. The maximum Gasteiger partial charge on any atom is 0.244 e. The van der Waals surface area contributed by atoms with E-state index in [9.17, 15) is 0 Å². The molecule has 2 aliphatic heterocycles. The number of H-pyrrole nitrogens is 1. The Kier molecular flexibility index (Phi) is 3.95. The first kappa shape index (κ1) is 14.2. The average Bonchev–Trinajstić information content (AvgIpc) is 3.08. The van der Waals surface area contributed by atoms with Crippen LogP contribution in [-0.2, 0) is 4.75 Å². The summed E-state index contributed by atoms with van der Waals surface area (Å²) in [4.78, 5) is 7.06. The minimum Gasteiger partial charge on any atom is -0.340 e. The second-order valence-electron chi connectivity index (χ2n) is 6.35. The number of hydrogen-bond acceptors (Lipinski definition) is 5. The van der Waals surface area contributed by atoms with E-state index in [1.54, 1.807) is 0 Å². The van der Waals surface area contributed by atoms with E-state index in [1.807, 2.05) is 11.8 Å². The zero-order chi connectivity index (χ0) is 14.2. The van der Waals surface area contributed by atoms with Gasteiger partial charge in [-0.15, -0.1) is 16.9 Å². The van der Waals surface area contributed by atoms with E-state index in [0.29, 0.717) is 12.0 Å². The second kappa shape index (κ2) is 5.56. The quantitative estimate of drug-likeness (QED) is 0.893. The van der Waals surface area contributed by atoms with Crippen molar-refractivity contribution in [2.24, 2.45) is 11.7 Å². The smallest absolute Gasteiger partial charge is 0.244 e. The first-order valence-electron chi connectivity index (χ1n) is 7.66. The molecule has 0 saturated carbocycles. The van der Waals surface area contributed by atoms with Crippen LogP contribution in [0, 0.1) is 5.92 Å². The van der Waals surface area contributed by atoms with Gasteiger partial charge in [0.2, 0.25) is 5.95 Å². The van der Waals surface area contributed by atoms with Crippen LogP contribution in [0.1, 0.15) is 45.4 Å². The summed E-state index contributed by atoms with van der Waals surface area (Å²) < 4.78 is 0.134. The van der Waals surface area contributed by atoms with Gasteiger partial charge in [-0.25, -0.2) is 0 Å². The third-order valence-electron chi connectivity index (χ3n) is 4.76. The number of piperidine rings is 1. The molecule has 0 aliphatic carbocycles. The van der Waals surface area contributed by atoms with E-state index >= 15 is 0 Å². The Morgan fingerprint density at radius 3 is 2.80 bits per heavy atom. The van der Waals surface area contributed by atoms with Crippen molar-refractivity contribution in [3.8, 4) is 0 Å². The lowest BCUT2D eigenvalue weighted by molar-refractivity contribution is 0.352. The molecule has 2 saturated heterocycles. The van der Waals surface area contributed by atoms with Gasteiger partial charge in [0.25, 0.3) is 0 Å². The minimum absolute atomic E-state index is 0.134. The molecule has 5 nitrogen and oxygen atoms in total. The Morgan fingerprint density at radius 2 is 2.20 bits per heavy atom. The minimum atomic E-state index is 0.134. The van der Waals surface area contributed by atoms with Gasteiger partial charge in [-0.3, -0.25) is 5.10 Å². The highest BCUT2D eigenvalue weighted by Crippen LogP contribution is 2.44. The summed E-state index contributed by atoms with van der Waals surface area (Å²) in [5.74, 6) is 3.79. The van der Waals surface area contributed by atoms with Crippen molar-refractivity contribution in [2.75, 3.05) is 23.7 Å². The average molecular weight is 295 g/mol. The van der Waals surface area contributed by atoms with Gasteiger partial charge < -0.3 is 10.6 Å². The Morgan fingerprint density at radius 1 is 1.45 bits per heavy atom. The largest absolute Gasteiger partial charge is 0.340 e. The van der Waals surface area contributed by atoms with Crippen molar-refractivity contribution in [2.45, 2.75) is 50.3 Å². The van der Waals surface area contributed by atoms with Crippen LogP contribution in [-0.4, -0.2) is 40.1 Å². The molecule has 3 rings (SSSR count). The summed E-state index contributed by atoms with van der Waals surface area (Å²) in [7, 11) is 0. The van der Waals surface area contributed by atoms with Crippen LogP contribution in [0.3, 0.4) is 0 Å². The van der Waals surface area contributed by atoms with Gasteiger partial charge in [0, 0.05) is 19.1 Å². The molecule has 2 atom stereocenters. The van der Waals surface area contributed by atoms with E-state index in [4.69, 9.17) is 10.7 Å². The lowest BCUT2D eigenvalue weighted by atomic mass is 9.91. The van der Waals surface area contributed by atoms with Crippen molar-refractivity contribution in [1.82, 2.24) is 15.2 Å². The van der Waals surface area contributed by atoms with E-state index in [2.05, 4.69) is 28.9 Å². The van der Waals surface area contributed by atoms with Gasteiger partial charge in [-0.2, -0.15) is 4.98 Å². The number of rotatable bonds is 3. The first-order chi connectivity index (χ1) is 9.58. The standard InChI is InChI=1S/C14H25N5S/c1-10(15)11-4-7-19(8-5-11)13-16-12(17-18-13)14(2)6-3-9-20-14/h10-11H,3-9,15H2,1-2H3,(H,16,17,18). The molecular weight excluding hydrogens is 270 g/mol. The normalized spacial score (nSPS) is 29.9. The molecule has 112 valence electrons. The second-order valence-corrected chi connectivity index (χ2v) is 7.95. The molecule has 3 heterocycles. The van der Waals surface area contributed by atoms with Crippen LogP contribution in [0.25, 0.3) is 0 Å². The highest BCUT2D eigenvalue weighted by atomic mass is 32.2.